The predicted molar refractivity (Wildman–Crippen MR) is 82.1 cm³/mol. The van der Waals surface area contributed by atoms with Crippen molar-refractivity contribution in [2.75, 3.05) is 6.54 Å². The summed E-state index contributed by atoms with van der Waals surface area (Å²) in [6.07, 6.45) is 10.6. The fourth-order valence-corrected chi connectivity index (χ4v) is 2.34. The van der Waals surface area contributed by atoms with Crippen LogP contribution in [0.1, 0.15) is 65.4 Å². The minimum atomic E-state index is 0.397. The van der Waals surface area contributed by atoms with E-state index in [2.05, 4.69) is 44.3 Å². The summed E-state index contributed by atoms with van der Waals surface area (Å²) in [5, 5.41) is 7.93. The Bertz CT molecular complexity index is 342. The molecular weight excluding hydrogens is 234 g/mol. The lowest BCUT2D eigenvalue weighted by Crippen LogP contribution is -2.29. The maximum Gasteiger partial charge on any atom is 0.0534 e. The molecule has 0 aliphatic carbocycles. The zero-order chi connectivity index (χ0) is 14.1. The predicted octanol–water partition coefficient (Wildman–Crippen LogP) is 3.99. The van der Waals surface area contributed by atoms with Crippen LogP contribution in [0.25, 0.3) is 0 Å². The number of unbranched alkanes of at least 4 members (excludes halogenated alkanes) is 2. The summed E-state index contributed by atoms with van der Waals surface area (Å²) in [7, 11) is 0. The van der Waals surface area contributed by atoms with Gasteiger partial charge < -0.3 is 5.32 Å². The Balaban J connectivity index is 2.24. The number of hydrogen-bond acceptors (Lipinski definition) is 2. The summed E-state index contributed by atoms with van der Waals surface area (Å²) in [5.74, 6) is 0. The third-order valence-corrected chi connectivity index (χ3v) is 3.53. The van der Waals surface area contributed by atoms with Crippen LogP contribution in [0.3, 0.4) is 0 Å². The second kappa shape index (κ2) is 8.36. The van der Waals surface area contributed by atoms with Gasteiger partial charge in [0.1, 0.15) is 0 Å². The van der Waals surface area contributed by atoms with E-state index < -0.39 is 0 Å². The summed E-state index contributed by atoms with van der Waals surface area (Å²) < 4.78 is 2.03. The summed E-state index contributed by atoms with van der Waals surface area (Å²) in [6, 6.07) is 0. The molecule has 1 rings (SSSR count). The molecule has 0 aromatic carbocycles. The van der Waals surface area contributed by atoms with Gasteiger partial charge in [0.15, 0.2) is 0 Å². The van der Waals surface area contributed by atoms with Gasteiger partial charge in [-0.1, -0.05) is 47.0 Å². The van der Waals surface area contributed by atoms with Crippen molar-refractivity contribution in [3.63, 3.8) is 0 Å². The quantitative estimate of drug-likeness (QED) is 0.648. The van der Waals surface area contributed by atoms with Gasteiger partial charge in [0.2, 0.25) is 0 Å². The molecule has 3 heteroatoms. The van der Waals surface area contributed by atoms with Crippen LogP contribution < -0.4 is 5.32 Å². The second-order valence-electron chi connectivity index (χ2n) is 6.34. The van der Waals surface area contributed by atoms with Crippen LogP contribution in [0.15, 0.2) is 12.4 Å². The molecule has 1 aromatic heterocycles. The van der Waals surface area contributed by atoms with Crippen molar-refractivity contribution in [1.82, 2.24) is 15.1 Å². The molecular formula is C16H31N3. The smallest absolute Gasteiger partial charge is 0.0534 e. The monoisotopic (exact) mass is 265 g/mol. The van der Waals surface area contributed by atoms with Gasteiger partial charge in [-0.05, 0) is 18.3 Å². The summed E-state index contributed by atoms with van der Waals surface area (Å²) in [6.45, 7) is 12.2. The topological polar surface area (TPSA) is 29.9 Å². The van der Waals surface area contributed by atoms with Crippen molar-refractivity contribution in [3.05, 3.63) is 18.0 Å². The van der Waals surface area contributed by atoms with E-state index in [0.717, 1.165) is 26.1 Å². The Morgan fingerprint density at radius 2 is 2.00 bits per heavy atom. The molecule has 1 heterocycles. The molecule has 1 N–H and O–H groups in total. The van der Waals surface area contributed by atoms with E-state index >= 15 is 0 Å². The van der Waals surface area contributed by atoms with Crippen LogP contribution in [-0.4, -0.2) is 16.3 Å². The van der Waals surface area contributed by atoms with Gasteiger partial charge in [0.05, 0.1) is 6.20 Å². The van der Waals surface area contributed by atoms with Crippen LogP contribution >= 0.6 is 0 Å². The standard InChI is InChI=1S/C16H31N3/c1-5-7-8-9-16(3,4)14-17-11-15-12-18-19(13-15)10-6-2/h12-13,17H,5-11,14H2,1-4H3. The van der Waals surface area contributed by atoms with Gasteiger partial charge in [-0.15, -0.1) is 0 Å². The van der Waals surface area contributed by atoms with E-state index in [9.17, 15) is 0 Å². The highest BCUT2D eigenvalue weighted by molar-refractivity contribution is 5.03. The number of rotatable bonds is 10. The van der Waals surface area contributed by atoms with E-state index in [1.54, 1.807) is 0 Å². The molecule has 3 nitrogen and oxygen atoms in total. The third-order valence-electron chi connectivity index (χ3n) is 3.53. The van der Waals surface area contributed by atoms with Crippen LogP contribution in [0.4, 0.5) is 0 Å². The number of nitrogens with zero attached hydrogens (tertiary/aromatic N) is 2. The maximum atomic E-state index is 4.36. The molecule has 110 valence electrons. The lowest BCUT2D eigenvalue weighted by molar-refractivity contribution is 0.302. The Hall–Kier alpha value is -0.830. The second-order valence-corrected chi connectivity index (χ2v) is 6.34. The Morgan fingerprint density at radius 3 is 2.68 bits per heavy atom. The number of aryl methyl sites for hydroxylation is 1. The average molecular weight is 265 g/mol. The highest BCUT2D eigenvalue weighted by Crippen LogP contribution is 2.22. The number of hydrogen-bond donors (Lipinski definition) is 1. The highest BCUT2D eigenvalue weighted by Gasteiger charge is 2.16. The lowest BCUT2D eigenvalue weighted by atomic mass is 9.87. The molecule has 0 saturated heterocycles. The van der Waals surface area contributed by atoms with E-state index in [1.807, 2.05) is 10.9 Å². The molecule has 0 aliphatic heterocycles. The van der Waals surface area contributed by atoms with Gasteiger partial charge in [-0.2, -0.15) is 5.10 Å². The largest absolute Gasteiger partial charge is 0.312 e. The molecule has 0 saturated carbocycles. The Morgan fingerprint density at radius 1 is 1.21 bits per heavy atom. The van der Waals surface area contributed by atoms with Crippen molar-refractivity contribution >= 4 is 0 Å². The van der Waals surface area contributed by atoms with Crippen molar-refractivity contribution in [1.29, 1.82) is 0 Å². The molecule has 0 bridgehead atoms. The zero-order valence-corrected chi connectivity index (χ0v) is 13.2. The zero-order valence-electron chi connectivity index (χ0n) is 13.2. The summed E-state index contributed by atoms with van der Waals surface area (Å²) in [4.78, 5) is 0. The van der Waals surface area contributed by atoms with E-state index in [0.29, 0.717) is 5.41 Å². The Kier molecular flexibility index (Phi) is 7.14. The summed E-state index contributed by atoms with van der Waals surface area (Å²) in [5.41, 5.74) is 1.69. The normalized spacial score (nSPS) is 12.0. The van der Waals surface area contributed by atoms with Crippen molar-refractivity contribution in [3.8, 4) is 0 Å². The SMILES string of the molecule is CCCCCC(C)(C)CNCc1cnn(CCC)c1. The van der Waals surface area contributed by atoms with Gasteiger partial charge in [-0.25, -0.2) is 0 Å². The molecule has 0 amide bonds. The maximum absolute atomic E-state index is 4.36. The first-order valence-corrected chi connectivity index (χ1v) is 7.79. The first kappa shape index (κ1) is 16.2. The highest BCUT2D eigenvalue weighted by atomic mass is 15.3. The molecule has 1 aromatic rings. The number of nitrogens with one attached hydrogen (secondary N) is 1. The molecule has 0 fully saturated rings. The van der Waals surface area contributed by atoms with Gasteiger partial charge in [-0.3, -0.25) is 4.68 Å². The first-order chi connectivity index (χ1) is 9.07. The number of aromatic nitrogens is 2. The van der Waals surface area contributed by atoms with Crippen LogP contribution in [0.2, 0.25) is 0 Å². The van der Waals surface area contributed by atoms with Crippen molar-refractivity contribution < 1.29 is 0 Å². The lowest BCUT2D eigenvalue weighted by Gasteiger charge is -2.25. The fourth-order valence-electron chi connectivity index (χ4n) is 2.34. The van der Waals surface area contributed by atoms with E-state index in [-0.39, 0.29) is 0 Å². The van der Waals surface area contributed by atoms with Crippen LogP contribution in [0.5, 0.6) is 0 Å². The first-order valence-electron chi connectivity index (χ1n) is 7.79. The fraction of sp³-hybridized carbons (Fsp3) is 0.812. The van der Waals surface area contributed by atoms with Crippen molar-refractivity contribution in [2.45, 2.75) is 72.9 Å². The van der Waals surface area contributed by atoms with E-state index in [1.165, 1.54) is 31.2 Å². The summed E-state index contributed by atoms with van der Waals surface area (Å²) >= 11 is 0. The van der Waals surface area contributed by atoms with Crippen molar-refractivity contribution in [2.24, 2.45) is 5.41 Å². The van der Waals surface area contributed by atoms with Gasteiger partial charge in [0.25, 0.3) is 0 Å². The molecule has 0 aliphatic rings. The van der Waals surface area contributed by atoms with E-state index in [4.69, 9.17) is 0 Å². The third kappa shape index (κ3) is 6.76. The molecule has 19 heavy (non-hydrogen) atoms. The van der Waals surface area contributed by atoms with Gasteiger partial charge >= 0.3 is 0 Å². The molecule has 0 atom stereocenters. The molecule has 0 spiro atoms. The molecule has 0 radical (unpaired) electrons. The average Bonchev–Trinajstić information content (AvgIpc) is 2.77. The van der Waals surface area contributed by atoms with Gasteiger partial charge in [0, 0.05) is 31.4 Å². The van der Waals surface area contributed by atoms with Crippen LogP contribution in [-0.2, 0) is 13.1 Å². The minimum absolute atomic E-state index is 0.397. The van der Waals surface area contributed by atoms with Crippen LogP contribution in [0, 0.1) is 5.41 Å². The molecule has 0 unspecified atom stereocenters. The minimum Gasteiger partial charge on any atom is -0.312 e. The Labute approximate surface area is 118 Å².